The first-order valence-corrected chi connectivity index (χ1v) is 7.83. The lowest BCUT2D eigenvalue weighted by Gasteiger charge is -2.36. The van der Waals surface area contributed by atoms with E-state index in [1.54, 1.807) is 19.0 Å². The molecule has 8 nitrogen and oxygen atoms in total. The summed E-state index contributed by atoms with van der Waals surface area (Å²) in [6, 6.07) is 0. The second kappa shape index (κ2) is 8.03. The molecule has 132 valence electrons. The summed E-state index contributed by atoms with van der Waals surface area (Å²) in [5.74, 6) is 0.441. The summed E-state index contributed by atoms with van der Waals surface area (Å²) in [5.41, 5.74) is 5.46. The van der Waals surface area contributed by atoms with Crippen LogP contribution in [0.2, 0.25) is 0 Å². The average Bonchev–Trinajstić information content (AvgIpc) is 2.45. The number of nitrogens with zero attached hydrogens (tertiary/aromatic N) is 4. The predicted octanol–water partition coefficient (Wildman–Crippen LogP) is 0.332. The van der Waals surface area contributed by atoms with Crippen molar-refractivity contribution in [2.45, 2.75) is 32.8 Å². The van der Waals surface area contributed by atoms with Crippen molar-refractivity contribution < 1.29 is 14.3 Å². The average molecular weight is 327 g/mol. The zero-order chi connectivity index (χ0) is 17.6. The third kappa shape index (κ3) is 6.75. The summed E-state index contributed by atoms with van der Waals surface area (Å²) in [5, 5.41) is 0. The van der Waals surface area contributed by atoms with Crippen molar-refractivity contribution in [1.29, 1.82) is 0 Å². The highest BCUT2D eigenvalue weighted by molar-refractivity contribution is 5.80. The van der Waals surface area contributed by atoms with Gasteiger partial charge in [0.1, 0.15) is 5.60 Å². The van der Waals surface area contributed by atoms with E-state index in [4.69, 9.17) is 10.5 Å². The number of piperazine rings is 1. The Labute approximate surface area is 138 Å². The zero-order valence-electron chi connectivity index (χ0n) is 14.8. The van der Waals surface area contributed by atoms with Crippen LogP contribution in [0, 0.1) is 0 Å². The molecule has 1 fully saturated rings. The van der Waals surface area contributed by atoms with Crippen molar-refractivity contribution in [1.82, 2.24) is 14.7 Å². The lowest BCUT2D eigenvalue weighted by atomic mass is 10.2. The molecule has 8 heteroatoms. The first-order chi connectivity index (χ1) is 10.6. The maximum Gasteiger partial charge on any atom is 0.410 e. The Morgan fingerprint density at radius 1 is 1.13 bits per heavy atom. The second-order valence-electron chi connectivity index (χ2n) is 6.73. The number of ether oxygens (including phenoxy) is 1. The molecule has 0 aliphatic carbocycles. The van der Waals surface area contributed by atoms with Crippen molar-refractivity contribution in [2.75, 3.05) is 46.8 Å². The Morgan fingerprint density at radius 2 is 1.65 bits per heavy atom. The van der Waals surface area contributed by atoms with Crippen molar-refractivity contribution in [3.63, 3.8) is 0 Å². The molecular formula is C15H29N5O3. The van der Waals surface area contributed by atoms with Crippen LogP contribution in [0.1, 0.15) is 27.2 Å². The van der Waals surface area contributed by atoms with Gasteiger partial charge in [-0.15, -0.1) is 0 Å². The maximum absolute atomic E-state index is 12.0. The minimum absolute atomic E-state index is 0.0243. The van der Waals surface area contributed by atoms with Gasteiger partial charge in [-0.2, -0.15) is 0 Å². The predicted molar refractivity (Wildman–Crippen MR) is 89.2 cm³/mol. The van der Waals surface area contributed by atoms with E-state index in [-0.39, 0.29) is 12.0 Å². The summed E-state index contributed by atoms with van der Waals surface area (Å²) in [6.07, 6.45) is 0.0372. The highest BCUT2D eigenvalue weighted by Gasteiger charge is 2.26. The van der Waals surface area contributed by atoms with E-state index >= 15 is 0 Å². The van der Waals surface area contributed by atoms with Crippen LogP contribution in [0.25, 0.3) is 0 Å². The van der Waals surface area contributed by atoms with E-state index in [0.29, 0.717) is 45.1 Å². The van der Waals surface area contributed by atoms with E-state index in [9.17, 15) is 9.59 Å². The molecule has 2 amide bonds. The van der Waals surface area contributed by atoms with Gasteiger partial charge in [0.05, 0.1) is 6.54 Å². The van der Waals surface area contributed by atoms with Crippen LogP contribution in [0.3, 0.4) is 0 Å². The van der Waals surface area contributed by atoms with Gasteiger partial charge >= 0.3 is 6.09 Å². The number of hydrogen-bond acceptors (Lipinski definition) is 4. The molecule has 0 unspecified atom stereocenters. The van der Waals surface area contributed by atoms with Crippen molar-refractivity contribution in [3.8, 4) is 0 Å². The lowest BCUT2D eigenvalue weighted by molar-refractivity contribution is -0.128. The Kier molecular flexibility index (Phi) is 6.65. The molecule has 1 saturated heterocycles. The van der Waals surface area contributed by atoms with Crippen LogP contribution in [-0.2, 0) is 9.53 Å². The zero-order valence-corrected chi connectivity index (χ0v) is 14.8. The first kappa shape index (κ1) is 19.1. The molecule has 0 spiro atoms. The highest BCUT2D eigenvalue weighted by Crippen LogP contribution is 2.11. The number of amides is 2. The molecule has 1 rings (SSSR count). The lowest BCUT2D eigenvalue weighted by Crippen LogP contribution is -2.53. The molecule has 0 aromatic heterocycles. The number of hydrogen-bond donors (Lipinski definition) is 1. The van der Waals surface area contributed by atoms with Gasteiger partial charge in [0.15, 0.2) is 5.96 Å². The molecule has 23 heavy (non-hydrogen) atoms. The largest absolute Gasteiger partial charge is 0.444 e. The smallest absolute Gasteiger partial charge is 0.410 e. The van der Waals surface area contributed by atoms with Crippen molar-refractivity contribution in [3.05, 3.63) is 0 Å². The first-order valence-electron chi connectivity index (χ1n) is 7.83. The second-order valence-corrected chi connectivity index (χ2v) is 6.73. The van der Waals surface area contributed by atoms with Crippen molar-refractivity contribution >= 4 is 18.0 Å². The fourth-order valence-corrected chi connectivity index (χ4v) is 2.03. The van der Waals surface area contributed by atoms with Gasteiger partial charge in [0, 0.05) is 46.7 Å². The van der Waals surface area contributed by atoms with Gasteiger partial charge in [-0.05, 0) is 20.8 Å². The third-order valence-corrected chi connectivity index (χ3v) is 3.35. The Morgan fingerprint density at radius 3 is 2.13 bits per heavy atom. The van der Waals surface area contributed by atoms with Crippen LogP contribution >= 0.6 is 0 Å². The van der Waals surface area contributed by atoms with Crippen LogP contribution in [0.4, 0.5) is 4.79 Å². The number of aliphatic imine (C=N–C) groups is 1. The molecule has 2 N–H and O–H groups in total. The van der Waals surface area contributed by atoms with Crippen LogP contribution in [0.5, 0.6) is 0 Å². The van der Waals surface area contributed by atoms with Crippen molar-refractivity contribution in [2.24, 2.45) is 10.7 Å². The number of rotatable bonds is 3. The molecule has 0 atom stereocenters. The van der Waals surface area contributed by atoms with E-state index in [1.807, 2.05) is 25.7 Å². The monoisotopic (exact) mass is 327 g/mol. The molecule has 0 radical (unpaired) electrons. The molecule has 1 aliphatic heterocycles. The number of nitrogens with two attached hydrogens (primary N) is 1. The summed E-state index contributed by atoms with van der Waals surface area (Å²) < 4.78 is 5.35. The van der Waals surface area contributed by atoms with Gasteiger partial charge in [0.2, 0.25) is 5.91 Å². The summed E-state index contributed by atoms with van der Waals surface area (Å²) in [7, 11) is 3.43. The summed E-state index contributed by atoms with van der Waals surface area (Å²) in [6.45, 7) is 8.22. The SMILES string of the molecule is CN(C)C(=O)CCN=C(N)N1CCN(C(=O)OC(C)(C)C)CC1. The van der Waals surface area contributed by atoms with E-state index in [2.05, 4.69) is 4.99 Å². The minimum Gasteiger partial charge on any atom is -0.444 e. The maximum atomic E-state index is 12.0. The Balaban J connectivity index is 2.40. The topological polar surface area (TPSA) is 91.5 Å². The van der Waals surface area contributed by atoms with Gasteiger partial charge < -0.3 is 25.2 Å². The Hall–Kier alpha value is -1.99. The molecule has 0 saturated carbocycles. The number of carbonyl (C=O) groups is 2. The number of carbonyl (C=O) groups excluding carboxylic acids is 2. The van der Waals surface area contributed by atoms with Gasteiger partial charge in [0.25, 0.3) is 0 Å². The highest BCUT2D eigenvalue weighted by atomic mass is 16.6. The molecular weight excluding hydrogens is 298 g/mol. The van der Waals surface area contributed by atoms with Gasteiger partial charge in [-0.3, -0.25) is 9.79 Å². The molecule has 1 aliphatic rings. The summed E-state index contributed by atoms with van der Waals surface area (Å²) >= 11 is 0. The van der Waals surface area contributed by atoms with E-state index < -0.39 is 5.60 Å². The summed E-state index contributed by atoms with van der Waals surface area (Å²) in [4.78, 5) is 32.8. The third-order valence-electron chi connectivity index (χ3n) is 3.35. The number of guanidine groups is 1. The minimum atomic E-state index is -0.492. The fourth-order valence-electron chi connectivity index (χ4n) is 2.03. The normalized spacial score (nSPS) is 16.3. The Bertz CT molecular complexity index is 449. The van der Waals surface area contributed by atoms with Crippen LogP contribution in [0.15, 0.2) is 4.99 Å². The quantitative estimate of drug-likeness (QED) is 0.596. The molecule has 1 heterocycles. The van der Waals surface area contributed by atoms with Crippen LogP contribution in [-0.4, -0.2) is 85.1 Å². The van der Waals surface area contributed by atoms with Gasteiger partial charge in [-0.1, -0.05) is 0 Å². The van der Waals surface area contributed by atoms with E-state index in [1.165, 1.54) is 4.90 Å². The molecule has 0 bridgehead atoms. The fraction of sp³-hybridized carbons (Fsp3) is 0.800. The van der Waals surface area contributed by atoms with E-state index in [0.717, 1.165) is 0 Å². The standard InChI is InChI=1S/C15H29N5O3/c1-15(2,3)23-14(22)20-10-8-19(9-11-20)13(16)17-7-6-12(21)18(4)5/h6-11H2,1-5H3,(H2,16,17). The molecule has 0 aromatic carbocycles. The molecule has 0 aromatic rings. The van der Waals surface area contributed by atoms with Crippen LogP contribution < -0.4 is 5.73 Å². The van der Waals surface area contributed by atoms with Gasteiger partial charge in [-0.25, -0.2) is 4.79 Å².